The topological polar surface area (TPSA) is 121 Å². The summed E-state index contributed by atoms with van der Waals surface area (Å²) in [5.74, 6) is 0.720. The summed E-state index contributed by atoms with van der Waals surface area (Å²) in [5.41, 5.74) is 1.90. The minimum Gasteiger partial charge on any atom is -0.317 e. The summed E-state index contributed by atoms with van der Waals surface area (Å²) in [7, 11) is -4.21. The first kappa shape index (κ1) is 24.2. The summed E-state index contributed by atoms with van der Waals surface area (Å²) in [6.45, 7) is 3.24. The standard InChI is InChI=1S/C25H31FN6O2S/c26-25(9-13-29-14-10-25)15-20-5-6-21(22(23(20)35(27,33)34)24-30-16-31-32-24)19-3-1-17(2-4-19)18-7-11-28-12-8-18/h1-6,18,28-29H,7-16H2,(H2,27,33,34). The van der Waals surface area contributed by atoms with Crippen molar-refractivity contribution < 1.29 is 12.8 Å². The van der Waals surface area contributed by atoms with E-state index in [1.165, 1.54) is 5.56 Å². The molecule has 0 bridgehead atoms. The smallest absolute Gasteiger partial charge is 0.239 e. The fraction of sp³-hybridized carbons (Fsp3) is 0.480. The molecule has 0 radical (unpaired) electrons. The predicted molar refractivity (Wildman–Crippen MR) is 134 cm³/mol. The van der Waals surface area contributed by atoms with Gasteiger partial charge in [-0.2, -0.15) is 5.11 Å². The molecule has 0 saturated carbocycles. The van der Waals surface area contributed by atoms with Crippen molar-refractivity contribution in [3.05, 3.63) is 53.1 Å². The van der Waals surface area contributed by atoms with Crippen molar-refractivity contribution in [1.29, 1.82) is 0 Å². The van der Waals surface area contributed by atoms with Gasteiger partial charge in [0.15, 0.2) is 12.5 Å². The summed E-state index contributed by atoms with van der Waals surface area (Å²) < 4.78 is 41.5. The molecule has 2 saturated heterocycles. The molecule has 0 spiro atoms. The van der Waals surface area contributed by atoms with Gasteiger partial charge >= 0.3 is 0 Å². The van der Waals surface area contributed by atoms with Crippen LogP contribution in [0.4, 0.5) is 4.39 Å². The highest BCUT2D eigenvalue weighted by atomic mass is 32.2. The van der Waals surface area contributed by atoms with Gasteiger partial charge in [-0.1, -0.05) is 36.4 Å². The Morgan fingerprint density at radius 1 is 1.00 bits per heavy atom. The Kier molecular flexibility index (Phi) is 6.80. The van der Waals surface area contributed by atoms with Crippen LogP contribution in [0.3, 0.4) is 0 Å². The number of sulfonamides is 1. The average molecular weight is 499 g/mol. The Hall–Kier alpha value is -2.53. The van der Waals surface area contributed by atoms with Crippen LogP contribution in [0.25, 0.3) is 11.1 Å². The molecule has 2 aromatic rings. The van der Waals surface area contributed by atoms with Gasteiger partial charge in [-0.05, 0) is 80.0 Å². The molecule has 186 valence electrons. The van der Waals surface area contributed by atoms with Gasteiger partial charge in [0.1, 0.15) is 5.67 Å². The molecule has 0 atom stereocenters. The fourth-order valence-corrected chi connectivity index (χ4v) is 6.38. The summed E-state index contributed by atoms with van der Waals surface area (Å²) in [6, 6.07) is 11.7. The summed E-state index contributed by atoms with van der Waals surface area (Å²) in [4.78, 5) is 4.21. The molecular formula is C25H31FN6O2S. The highest BCUT2D eigenvalue weighted by Crippen LogP contribution is 2.37. The third-order valence-electron chi connectivity index (χ3n) is 7.24. The number of amidine groups is 1. The normalized spacial score (nSPS) is 20.7. The third-order valence-corrected chi connectivity index (χ3v) is 8.27. The second-order valence-corrected chi connectivity index (χ2v) is 11.1. The number of rotatable bonds is 6. The minimum atomic E-state index is -4.21. The van der Waals surface area contributed by atoms with E-state index in [0.29, 0.717) is 48.5 Å². The van der Waals surface area contributed by atoms with Gasteiger partial charge in [0.05, 0.1) is 4.90 Å². The maximum Gasteiger partial charge on any atom is 0.239 e. The van der Waals surface area contributed by atoms with Crippen molar-refractivity contribution in [2.75, 3.05) is 32.8 Å². The Morgan fingerprint density at radius 2 is 1.69 bits per heavy atom. The van der Waals surface area contributed by atoms with E-state index in [4.69, 9.17) is 5.14 Å². The number of hydrogen-bond donors (Lipinski definition) is 3. The number of primary sulfonamides is 1. The molecule has 3 aliphatic rings. The number of alkyl halides is 1. The molecule has 2 fully saturated rings. The lowest BCUT2D eigenvalue weighted by Crippen LogP contribution is -2.40. The number of nitrogens with two attached hydrogens (primary N) is 1. The quantitative estimate of drug-likeness (QED) is 0.566. The van der Waals surface area contributed by atoms with Crippen LogP contribution in [0.15, 0.2) is 56.5 Å². The van der Waals surface area contributed by atoms with E-state index < -0.39 is 15.7 Å². The fourth-order valence-electron chi connectivity index (χ4n) is 5.39. The highest BCUT2D eigenvalue weighted by molar-refractivity contribution is 7.89. The van der Waals surface area contributed by atoms with Crippen LogP contribution in [0.5, 0.6) is 0 Å². The van der Waals surface area contributed by atoms with Crippen molar-refractivity contribution >= 4 is 15.9 Å². The van der Waals surface area contributed by atoms with Crippen molar-refractivity contribution in [3.8, 4) is 11.1 Å². The van der Waals surface area contributed by atoms with E-state index in [0.717, 1.165) is 31.5 Å². The Bertz CT molecular complexity index is 1250. The summed E-state index contributed by atoms with van der Waals surface area (Å²) in [6.07, 6.45) is 2.77. The van der Waals surface area contributed by atoms with Gasteiger partial charge in [-0.3, -0.25) is 0 Å². The number of nitrogens with zero attached hydrogens (tertiary/aromatic N) is 3. The molecule has 0 aromatic heterocycles. The maximum absolute atomic E-state index is 15.6. The highest BCUT2D eigenvalue weighted by Gasteiger charge is 2.35. The lowest BCUT2D eigenvalue weighted by atomic mass is 9.85. The average Bonchev–Trinajstić information content (AvgIpc) is 3.39. The van der Waals surface area contributed by atoms with Crippen LogP contribution in [-0.4, -0.2) is 52.8 Å². The van der Waals surface area contributed by atoms with Crippen molar-refractivity contribution in [2.24, 2.45) is 20.4 Å². The minimum absolute atomic E-state index is 0.0349. The molecular weight excluding hydrogens is 467 g/mol. The molecule has 5 rings (SSSR count). The number of nitrogens with one attached hydrogen (secondary N) is 2. The molecule has 3 aliphatic heterocycles. The molecule has 35 heavy (non-hydrogen) atoms. The zero-order valence-corrected chi connectivity index (χ0v) is 20.5. The zero-order chi connectivity index (χ0) is 24.5. The van der Waals surface area contributed by atoms with Crippen LogP contribution in [0.2, 0.25) is 0 Å². The van der Waals surface area contributed by atoms with Gasteiger partial charge in [0.25, 0.3) is 0 Å². The Labute approximate surface area is 205 Å². The SMILES string of the molecule is NS(=O)(=O)c1c(CC2(F)CCNCC2)ccc(-c2ccc(C3CCNCC3)cc2)c1C1=NCN=N1. The number of aliphatic imine (C=N–C) groups is 1. The van der Waals surface area contributed by atoms with Crippen molar-refractivity contribution in [1.82, 2.24) is 10.6 Å². The van der Waals surface area contributed by atoms with Crippen LogP contribution in [-0.2, 0) is 16.4 Å². The first-order valence-corrected chi connectivity index (χ1v) is 13.7. The molecule has 0 unspecified atom stereocenters. The lowest BCUT2D eigenvalue weighted by molar-refractivity contribution is 0.115. The van der Waals surface area contributed by atoms with E-state index in [1.807, 2.05) is 18.2 Å². The molecule has 3 heterocycles. The molecule has 2 aromatic carbocycles. The second kappa shape index (κ2) is 9.85. The van der Waals surface area contributed by atoms with E-state index >= 15 is 4.39 Å². The van der Waals surface area contributed by atoms with Crippen LogP contribution >= 0.6 is 0 Å². The molecule has 4 N–H and O–H groups in total. The second-order valence-electron chi connectivity index (χ2n) is 9.61. The maximum atomic E-state index is 15.6. The van der Waals surface area contributed by atoms with E-state index in [1.54, 1.807) is 6.07 Å². The van der Waals surface area contributed by atoms with Gasteiger partial charge < -0.3 is 10.6 Å². The van der Waals surface area contributed by atoms with Crippen LogP contribution in [0, 0.1) is 0 Å². The monoisotopic (exact) mass is 498 g/mol. The largest absolute Gasteiger partial charge is 0.317 e. The third kappa shape index (κ3) is 5.20. The van der Waals surface area contributed by atoms with Crippen LogP contribution in [0.1, 0.15) is 48.3 Å². The van der Waals surface area contributed by atoms with Gasteiger partial charge in [-0.25, -0.2) is 22.9 Å². The molecule has 0 amide bonds. The first-order valence-electron chi connectivity index (χ1n) is 12.2. The lowest BCUT2D eigenvalue weighted by Gasteiger charge is -2.31. The number of halogens is 1. The van der Waals surface area contributed by atoms with E-state index in [-0.39, 0.29) is 23.8 Å². The molecule has 8 nitrogen and oxygen atoms in total. The number of azo groups is 1. The number of hydrogen-bond acceptors (Lipinski definition) is 7. The molecule has 10 heteroatoms. The van der Waals surface area contributed by atoms with E-state index in [2.05, 4.69) is 38.0 Å². The predicted octanol–water partition coefficient (Wildman–Crippen LogP) is 3.27. The van der Waals surface area contributed by atoms with Crippen LogP contribution < -0.4 is 15.8 Å². The first-order chi connectivity index (χ1) is 16.8. The Morgan fingerprint density at radius 3 is 2.31 bits per heavy atom. The van der Waals surface area contributed by atoms with Crippen molar-refractivity contribution in [3.63, 3.8) is 0 Å². The number of benzene rings is 2. The summed E-state index contributed by atoms with van der Waals surface area (Å²) in [5, 5.41) is 20.3. The zero-order valence-electron chi connectivity index (χ0n) is 19.6. The summed E-state index contributed by atoms with van der Waals surface area (Å²) >= 11 is 0. The Balaban J connectivity index is 1.61. The van der Waals surface area contributed by atoms with Gasteiger partial charge in [0.2, 0.25) is 10.0 Å². The van der Waals surface area contributed by atoms with Gasteiger partial charge in [0, 0.05) is 12.0 Å². The number of piperidine rings is 2. The van der Waals surface area contributed by atoms with Crippen molar-refractivity contribution in [2.45, 2.75) is 48.6 Å². The van der Waals surface area contributed by atoms with E-state index in [9.17, 15) is 8.42 Å². The van der Waals surface area contributed by atoms with Gasteiger partial charge in [-0.15, -0.1) is 5.11 Å². The molecule has 0 aliphatic carbocycles.